The second-order valence-electron chi connectivity index (χ2n) is 5.06. The summed E-state index contributed by atoms with van der Waals surface area (Å²) < 4.78 is 33.6. The molecule has 0 saturated carbocycles. The van der Waals surface area contributed by atoms with E-state index in [1.54, 1.807) is 19.2 Å². The molecule has 0 aliphatic heterocycles. The van der Waals surface area contributed by atoms with Crippen molar-refractivity contribution < 1.29 is 18.3 Å². The molecule has 1 rings (SSSR count). The lowest BCUT2D eigenvalue weighted by Gasteiger charge is -2.24. The van der Waals surface area contributed by atoms with Gasteiger partial charge in [0.15, 0.2) is 0 Å². The Bertz CT molecular complexity index is 380. The van der Waals surface area contributed by atoms with Crippen LogP contribution in [0.2, 0.25) is 0 Å². The summed E-state index contributed by atoms with van der Waals surface area (Å²) in [6.07, 6.45) is 1.58. The molecule has 0 aliphatic carbocycles. The van der Waals surface area contributed by atoms with Gasteiger partial charge in [0.2, 0.25) is 0 Å². The number of benzene rings is 1. The molecular weight excluding hydrogens is 252 g/mol. The van der Waals surface area contributed by atoms with Gasteiger partial charge in [0.25, 0.3) is 0 Å². The van der Waals surface area contributed by atoms with Crippen molar-refractivity contribution in [1.82, 2.24) is 0 Å². The first-order valence-electron chi connectivity index (χ1n) is 6.19. The Morgan fingerprint density at radius 1 is 1.21 bits per heavy atom. The first-order chi connectivity index (χ1) is 8.84. The standard InChI is InChI=1S/C14H21F2NO2/c1-14(2,18-3)9-8-12(17)10-4-6-11(7-5-10)19-13(15)16/h4-7,12-13H,8-9,17H2,1-3H3. The van der Waals surface area contributed by atoms with Gasteiger partial charge in [0.1, 0.15) is 5.75 Å². The van der Waals surface area contributed by atoms with Gasteiger partial charge in [-0.05, 0) is 44.4 Å². The zero-order valence-electron chi connectivity index (χ0n) is 11.5. The van der Waals surface area contributed by atoms with Gasteiger partial charge in [0, 0.05) is 13.2 Å². The molecule has 0 aliphatic rings. The number of methoxy groups -OCH3 is 1. The van der Waals surface area contributed by atoms with Crippen LogP contribution in [-0.2, 0) is 4.74 Å². The molecule has 0 fully saturated rings. The molecule has 0 bridgehead atoms. The van der Waals surface area contributed by atoms with Crippen LogP contribution in [-0.4, -0.2) is 19.3 Å². The van der Waals surface area contributed by atoms with E-state index >= 15 is 0 Å². The minimum atomic E-state index is -2.80. The Morgan fingerprint density at radius 3 is 2.26 bits per heavy atom. The highest BCUT2D eigenvalue weighted by Crippen LogP contribution is 2.24. The number of nitrogens with two attached hydrogens (primary N) is 1. The van der Waals surface area contributed by atoms with Gasteiger partial charge < -0.3 is 15.2 Å². The summed E-state index contributed by atoms with van der Waals surface area (Å²) in [5.74, 6) is 0.142. The van der Waals surface area contributed by atoms with Crippen LogP contribution in [0.3, 0.4) is 0 Å². The van der Waals surface area contributed by atoms with Crippen molar-refractivity contribution in [2.45, 2.75) is 44.9 Å². The molecule has 0 amide bonds. The third kappa shape index (κ3) is 5.53. The lowest BCUT2D eigenvalue weighted by Crippen LogP contribution is -2.24. The van der Waals surface area contributed by atoms with Gasteiger partial charge >= 0.3 is 6.61 Å². The molecule has 0 radical (unpaired) electrons. The van der Waals surface area contributed by atoms with E-state index in [0.717, 1.165) is 18.4 Å². The number of hydrogen-bond donors (Lipinski definition) is 1. The molecule has 0 heterocycles. The normalized spacial score (nSPS) is 13.6. The Balaban J connectivity index is 2.55. The van der Waals surface area contributed by atoms with Crippen molar-refractivity contribution in [2.24, 2.45) is 5.73 Å². The second kappa shape index (κ2) is 6.82. The monoisotopic (exact) mass is 273 g/mol. The molecule has 19 heavy (non-hydrogen) atoms. The minimum absolute atomic E-state index is 0.142. The van der Waals surface area contributed by atoms with Crippen LogP contribution in [0.15, 0.2) is 24.3 Å². The molecule has 1 aromatic rings. The first kappa shape index (κ1) is 15.9. The average Bonchev–Trinajstić information content (AvgIpc) is 2.36. The number of rotatable bonds is 7. The molecule has 1 unspecified atom stereocenters. The molecule has 2 N–H and O–H groups in total. The summed E-state index contributed by atoms with van der Waals surface area (Å²) in [6, 6.07) is 6.28. The number of hydrogen-bond acceptors (Lipinski definition) is 3. The lowest BCUT2D eigenvalue weighted by atomic mass is 9.95. The summed E-state index contributed by atoms with van der Waals surface area (Å²) in [4.78, 5) is 0. The Hall–Kier alpha value is -1.20. The summed E-state index contributed by atoms with van der Waals surface area (Å²) in [7, 11) is 1.67. The van der Waals surface area contributed by atoms with Crippen molar-refractivity contribution in [2.75, 3.05) is 7.11 Å². The highest BCUT2D eigenvalue weighted by molar-refractivity contribution is 5.29. The van der Waals surface area contributed by atoms with Crippen LogP contribution in [0.1, 0.15) is 38.3 Å². The molecule has 108 valence electrons. The first-order valence-corrected chi connectivity index (χ1v) is 6.19. The Morgan fingerprint density at radius 2 is 1.79 bits per heavy atom. The third-order valence-electron chi connectivity index (χ3n) is 3.14. The van der Waals surface area contributed by atoms with E-state index in [2.05, 4.69) is 4.74 Å². The van der Waals surface area contributed by atoms with Crippen molar-refractivity contribution in [3.8, 4) is 5.75 Å². The van der Waals surface area contributed by atoms with Gasteiger partial charge in [-0.1, -0.05) is 12.1 Å². The zero-order valence-corrected chi connectivity index (χ0v) is 11.5. The van der Waals surface area contributed by atoms with Gasteiger partial charge in [-0.15, -0.1) is 0 Å². The lowest BCUT2D eigenvalue weighted by molar-refractivity contribution is -0.0498. The van der Waals surface area contributed by atoms with Gasteiger partial charge in [0.05, 0.1) is 5.60 Å². The summed E-state index contributed by atoms with van der Waals surface area (Å²) in [6.45, 7) is 1.19. The quantitative estimate of drug-likeness (QED) is 0.827. The van der Waals surface area contributed by atoms with E-state index in [9.17, 15) is 8.78 Å². The molecular formula is C14H21F2NO2. The average molecular weight is 273 g/mol. The smallest absolute Gasteiger partial charge is 0.387 e. The minimum Gasteiger partial charge on any atom is -0.435 e. The number of alkyl halides is 2. The highest BCUT2D eigenvalue weighted by atomic mass is 19.3. The summed E-state index contributed by atoms with van der Waals surface area (Å²) in [5, 5.41) is 0. The summed E-state index contributed by atoms with van der Waals surface area (Å²) >= 11 is 0. The Labute approximate surface area is 112 Å². The van der Waals surface area contributed by atoms with Crippen LogP contribution in [0, 0.1) is 0 Å². The van der Waals surface area contributed by atoms with E-state index in [4.69, 9.17) is 10.5 Å². The van der Waals surface area contributed by atoms with Crippen molar-refractivity contribution in [1.29, 1.82) is 0 Å². The van der Waals surface area contributed by atoms with E-state index in [1.807, 2.05) is 13.8 Å². The largest absolute Gasteiger partial charge is 0.435 e. The molecule has 0 spiro atoms. The van der Waals surface area contributed by atoms with E-state index in [0.29, 0.717) is 0 Å². The number of halogens is 2. The van der Waals surface area contributed by atoms with Crippen LogP contribution in [0.5, 0.6) is 5.75 Å². The predicted octanol–water partition coefficient (Wildman–Crippen LogP) is 3.49. The molecule has 3 nitrogen and oxygen atoms in total. The molecule has 1 atom stereocenters. The predicted molar refractivity (Wildman–Crippen MR) is 70.3 cm³/mol. The molecule has 1 aromatic carbocycles. The molecule has 0 saturated heterocycles. The van der Waals surface area contributed by atoms with Gasteiger partial charge in [-0.3, -0.25) is 0 Å². The van der Waals surface area contributed by atoms with Crippen molar-refractivity contribution in [3.63, 3.8) is 0 Å². The zero-order chi connectivity index (χ0) is 14.5. The Kier molecular flexibility index (Phi) is 5.69. The maximum atomic E-state index is 12.0. The van der Waals surface area contributed by atoms with Crippen LogP contribution in [0.4, 0.5) is 8.78 Å². The van der Waals surface area contributed by atoms with E-state index < -0.39 is 6.61 Å². The fourth-order valence-electron chi connectivity index (χ4n) is 1.67. The topological polar surface area (TPSA) is 44.5 Å². The SMILES string of the molecule is COC(C)(C)CCC(N)c1ccc(OC(F)F)cc1. The van der Waals surface area contributed by atoms with E-state index in [1.165, 1.54) is 12.1 Å². The van der Waals surface area contributed by atoms with Crippen LogP contribution >= 0.6 is 0 Å². The number of ether oxygens (including phenoxy) is 2. The second-order valence-corrected chi connectivity index (χ2v) is 5.06. The highest BCUT2D eigenvalue weighted by Gasteiger charge is 2.18. The fourth-order valence-corrected chi connectivity index (χ4v) is 1.67. The fraction of sp³-hybridized carbons (Fsp3) is 0.571. The van der Waals surface area contributed by atoms with Crippen LogP contribution in [0.25, 0.3) is 0 Å². The third-order valence-corrected chi connectivity index (χ3v) is 3.14. The van der Waals surface area contributed by atoms with Gasteiger partial charge in [-0.25, -0.2) is 0 Å². The molecule has 0 aromatic heterocycles. The van der Waals surface area contributed by atoms with Gasteiger partial charge in [-0.2, -0.15) is 8.78 Å². The van der Waals surface area contributed by atoms with Crippen LogP contribution < -0.4 is 10.5 Å². The summed E-state index contributed by atoms with van der Waals surface area (Å²) in [5.41, 5.74) is 6.75. The maximum absolute atomic E-state index is 12.0. The van der Waals surface area contributed by atoms with Crippen molar-refractivity contribution >= 4 is 0 Å². The maximum Gasteiger partial charge on any atom is 0.387 e. The van der Waals surface area contributed by atoms with E-state index in [-0.39, 0.29) is 17.4 Å². The van der Waals surface area contributed by atoms with Crippen molar-refractivity contribution in [3.05, 3.63) is 29.8 Å². The molecule has 5 heteroatoms.